The Morgan fingerprint density at radius 3 is 2.28 bits per heavy atom. The van der Waals surface area contributed by atoms with E-state index in [4.69, 9.17) is 0 Å². The molecule has 0 saturated carbocycles. The van der Waals surface area contributed by atoms with Crippen LogP contribution in [0.3, 0.4) is 0 Å². The van der Waals surface area contributed by atoms with Gasteiger partial charge in [-0.1, -0.05) is 45.8 Å². The molecular weight excluding hydrogens is 291 g/mol. The van der Waals surface area contributed by atoms with Crippen LogP contribution in [0.4, 0.5) is 4.39 Å². The van der Waals surface area contributed by atoms with Crippen molar-refractivity contribution < 1.29 is 4.39 Å². The molecule has 1 atom stereocenters. The van der Waals surface area contributed by atoms with Crippen LogP contribution in [0.2, 0.25) is 0 Å². The van der Waals surface area contributed by atoms with Crippen molar-refractivity contribution in [2.24, 2.45) is 0 Å². The van der Waals surface area contributed by atoms with E-state index in [-0.39, 0.29) is 10.6 Å². The summed E-state index contributed by atoms with van der Waals surface area (Å²) in [5.74, 6) is -0.181. The van der Waals surface area contributed by atoms with E-state index in [2.05, 4.69) is 48.0 Å². The molecule has 0 aliphatic heterocycles. The SMILES string of the molecule is Cc1cc(F)cc(C(Br)c2ccc(C)cc2C)c1. The van der Waals surface area contributed by atoms with Crippen molar-refractivity contribution in [2.75, 3.05) is 0 Å². The van der Waals surface area contributed by atoms with Crippen molar-refractivity contribution in [1.29, 1.82) is 0 Å². The molecule has 18 heavy (non-hydrogen) atoms. The van der Waals surface area contributed by atoms with Crippen molar-refractivity contribution in [3.8, 4) is 0 Å². The van der Waals surface area contributed by atoms with E-state index >= 15 is 0 Å². The Morgan fingerprint density at radius 1 is 0.944 bits per heavy atom. The number of alkyl halides is 1. The molecule has 0 aliphatic rings. The molecule has 0 saturated heterocycles. The summed E-state index contributed by atoms with van der Waals surface area (Å²) in [4.78, 5) is 0.0347. The van der Waals surface area contributed by atoms with Crippen LogP contribution >= 0.6 is 15.9 Å². The molecule has 0 spiro atoms. The van der Waals surface area contributed by atoms with E-state index in [0.717, 1.165) is 11.1 Å². The minimum Gasteiger partial charge on any atom is -0.207 e. The van der Waals surface area contributed by atoms with Gasteiger partial charge >= 0.3 is 0 Å². The van der Waals surface area contributed by atoms with Crippen LogP contribution < -0.4 is 0 Å². The molecule has 2 rings (SSSR count). The minimum absolute atomic E-state index is 0.0347. The molecule has 0 nitrogen and oxygen atoms in total. The van der Waals surface area contributed by atoms with Crippen molar-refractivity contribution in [2.45, 2.75) is 25.6 Å². The molecule has 2 aromatic carbocycles. The maximum atomic E-state index is 13.4. The van der Waals surface area contributed by atoms with Crippen molar-refractivity contribution in [3.63, 3.8) is 0 Å². The summed E-state index contributed by atoms with van der Waals surface area (Å²) in [6, 6.07) is 11.5. The van der Waals surface area contributed by atoms with Crippen LogP contribution in [-0.2, 0) is 0 Å². The van der Waals surface area contributed by atoms with Gasteiger partial charge in [0.05, 0.1) is 4.83 Å². The van der Waals surface area contributed by atoms with Crippen LogP contribution in [-0.4, -0.2) is 0 Å². The number of halogens is 2. The first-order chi connectivity index (χ1) is 8.47. The first-order valence-electron chi connectivity index (χ1n) is 5.95. The molecule has 0 aliphatic carbocycles. The standard InChI is InChI=1S/C16H16BrF/c1-10-4-5-15(12(3)6-10)16(17)13-7-11(2)8-14(18)9-13/h4-9,16H,1-3H3. The zero-order valence-electron chi connectivity index (χ0n) is 10.8. The van der Waals surface area contributed by atoms with Gasteiger partial charge in [0.1, 0.15) is 5.82 Å². The monoisotopic (exact) mass is 306 g/mol. The van der Waals surface area contributed by atoms with E-state index < -0.39 is 0 Å². The molecular formula is C16H16BrF. The second-order valence-corrected chi connectivity index (χ2v) is 5.70. The molecule has 0 bridgehead atoms. The lowest BCUT2D eigenvalue weighted by Gasteiger charge is -2.15. The molecule has 1 unspecified atom stereocenters. The highest BCUT2D eigenvalue weighted by molar-refractivity contribution is 9.09. The predicted molar refractivity (Wildman–Crippen MR) is 77.8 cm³/mol. The molecule has 94 valence electrons. The van der Waals surface area contributed by atoms with Crippen molar-refractivity contribution in [3.05, 3.63) is 70.0 Å². The number of aryl methyl sites for hydroxylation is 3. The number of benzene rings is 2. The van der Waals surface area contributed by atoms with Gasteiger partial charge in [0.25, 0.3) is 0 Å². The highest BCUT2D eigenvalue weighted by Gasteiger charge is 2.14. The molecule has 0 aromatic heterocycles. The fourth-order valence-electron chi connectivity index (χ4n) is 2.20. The lowest BCUT2D eigenvalue weighted by molar-refractivity contribution is 0.624. The van der Waals surface area contributed by atoms with Gasteiger partial charge < -0.3 is 0 Å². The largest absolute Gasteiger partial charge is 0.207 e. The lowest BCUT2D eigenvalue weighted by Crippen LogP contribution is -1.97. The van der Waals surface area contributed by atoms with Gasteiger partial charge in [-0.2, -0.15) is 0 Å². The Hall–Kier alpha value is -1.15. The Kier molecular flexibility index (Phi) is 3.86. The molecule has 0 N–H and O–H groups in total. The summed E-state index contributed by atoms with van der Waals surface area (Å²) in [7, 11) is 0. The summed E-state index contributed by atoms with van der Waals surface area (Å²) in [6.45, 7) is 6.07. The maximum absolute atomic E-state index is 13.4. The van der Waals surface area contributed by atoms with Crippen molar-refractivity contribution in [1.82, 2.24) is 0 Å². The molecule has 0 fully saturated rings. The summed E-state index contributed by atoms with van der Waals surface area (Å²) < 4.78 is 13.4. The third kappa shape index (κ3) is 2.81. The van der Waals surface area contributed by atoms with Gasteiger partial charge in [-0.05, 0) is 55.2 Å². The normalized spacial score (nSPS) is 12.5. The zero-order valence-corrected chi connectivity index (χ0v) is 12.4. The highest BCUT2D eigenvalue weighted by atomic mass is 79.9. The molecule has 2 heteroatoms. The van der Waals surface area contributed by atoms with E-state index in [9.17, 15) is 4.39 Å². The van der Waals surface area contributed by atoms with Crippen LogP contribution in [0.1, 0.15) is 32.6 Å². The Bertz CT molecular complexity index is 555. The number of rotatable bonds is 2. The summed E-state index contributed by atoms with van der Waals surface area (Å²) in [5, 5.41) is 0. The van der Waals surface area contributed by atoms with Gasteiger partial charge in [-0.15, -0.1) is 0 Å². The molecule has 0 radical (unpaired) electrons. The fraction of sp³-hybridized carbons (Fsp3) is 0.250. The van der Waals surface area contributed by atoms with Gasteiger partial charge in [-0.25, -0.2) is 4.39 Å². The first-order valence-corrected chi connectivity index (χ1v) is 6.87. The topological polar surface area (TPSA) is 0 Å². The highest BCUT2D eigenvalue weighted by Crippen LogP contribution is 2.33. The first kappa shape index (κ1) is 13.3. The lowest BCUT2D eigenvalue weighted by atomic mass is 9.98. The maximum Gasteiger partial charge on any atom is 0.123 e. The average molecular weight is 307 g/mol. The van der Waals surface area contributed by atoms with Gasteiger partial charge in [0, 0.05) is 0 Å². The Labute approximate surface area is 116 Å². The van der Waals surface area contributed by atoms with Gasteiger partial charge in [0.2, 0.25) is 0 Å². The van der Waals surface area contributed by atoms with Crippen molar-refractivity contribution >= 4 is 15.9 Å². The van der Waals surface area contributed by atoms with E-state index in [1.807, 2.05) is 13.0 Å². The summed E-state index contributed by atoms with van der Waals surface area (Å²) in [6.07, 6.45) is 0. The summed E-state index contributed by atoms with van der Waals surface area (Å²) in [5.41, 5.74) is 5.55. The third-order valence-corrected chi connectivity index (χ3v) is 4.08. The predicted octanol–water partition coefficient (Wildman–Crippen LogP) is 5.24. The summed E-state index contributed by atoms with van der Waals surface area (Å²) >= 11 is 3.67. The number of hydrogen-bond donors (Lipinski definition) is 0. The Balaban J connectivity index is 2.44. The number of hydrogen-bond acceptors (Lipinski definition) is 0. The minimum atomic E-state index is -0.181. The van der Waals surface area contributed by atoms with Gasteiger partial charge in [0.15, 0.2) is 0 Å². The molecule has 0 amide bonds. The molecule has 0 heterocycles. The average Bonchev–Trinajstić information content (AvgIpc) is 2.26. The van der Waals surface area contributed by atoms with E-state index in [0.29, 0.717) is 0 Å². The van der Waals surface area contributed by atoms with Crippen LogP contribution in [0.25, 0.3) is 0 Å². The quantitative estimate of drug-likeness (QED) is 0.666. The second-order valence-electron chi connectivity index (χ2n) is 4.78. The Morgan fingerprint density at radius 2 is 1.67 bits per heavy atom. The second kappa shape index (κ2) is 5.23. The van der Waals surface area contributed by atoms with Crippen LogP contribution in [0, 0.1) is 26.6 Å². The van der Waals surface area contributed by atoms with Gasteiger partial charge in [-0.3, -0.25) is 0 Å². The molecule has 2 aromatic rings. The van der Waals surface area contributed by atoms with E-state index in [1.165, 1.54) is 16.7 Å². The third-order valence-electron chi connectivity index (χ3n) is 3.06. The fourth-order valence-corrected chi connectivity index (χ4v) is 2.98. The zero-order chi connectivity index (χ0) is 13.3. The van der Waals surface area contributed by atoms with E-state index in [1.54, 1.807) is 12.1 Å². The van der Waals surface area contributed by atoms with Crippen LogP contribution in [0.15, 0.2) is 36.4 Å². The van der Waals surface area contributed by atoms with Crippen LogP contribution in [0.5, 0.6) is 0 Å². The smallest absolute Gasteiger partial charge is 0.123 e.